The molecule has 0 unspecified atom stereocenters. The summed E-state index contributed by atoms with van der Waals surface area (Å²) in [6, 6.07) is 13.1. The Morgan fingerprint density at radius 1 is 1.26 bits per heavy atom. The van der Waals surface area contributed by atoms with Gasteiger partial charge in [0, 0.05) is 11.8 Å². The Morgan fingerprint density at radius 3 is 2.81 bits per heavy atom. The van der Waals surface area contributed by atoms with Gasteiger partial charge in [0.1, 0.15) is 17.6 Å². The lowest BCUT2D eigenvalue weighted by Gasteiger charge is -2.15. The molecule has 3 rings (SSSR count). The molecule has 31 heavy (non-hydrogen) atoms. The Bertz CT molecular complexity index is 1110. The van der Waals surface area contributed by atoms with E-state index in [1.165, 1.54) is 18.5 Å². The van der Waals surface area contributed by atoms with Gasteiger partial charge in [-0.15, -0.1) is 0 Å². The summed E-state index contributed by atoms with van der Waals surface area (Å²) in [7, 11) is 0. The zero-order valence-electron chi connectivity index (χ0n) is 16.4. The van der Waals surface area contributed by atoms with E-state index in [0.717, 1.165) is 3.57 Å². The van der Waals surface area contributed by atoms with Crippen molar-refractivity contribution in [3.05, 3.63) is 86.0 Å². The molecule has 1 heterocycles. The molecule has 6 nitrogen and oxygen atoms in total. The number of hydrogen-bond donors (Lipinski definition) is 1. The molecule has 9 heteroatoms. The topological polar surface area (TPSA) is 72.8 Å². The van der Waals surface area contributed by atoms with Crippen molar-refractivity contribution in [3.8, 4) is 11.5 Å². The number of halogens is 3. The minimum Gasteiger partial charge on any atom is -0.490 e. The number of rotatable bonds is 8. The molecular weight excluding hydrogens is 536 g/mol. The molecule has 0 spiro atoms. The molecule has 2 aromatic carbocycles. The molecule has 0 aliphatic rings. The average molecular weight is 554 g/mol. The largest absolute Gasteiger partial charge is 0.490 e. The zero-order chi connectivity index (χ0) is 22.2. The monoisotopic (exact) mass is 553 g/mol. The van der Waals surface area contributed by atoms with Crippen LogP contribution in [0.4, 0.5) is 4.39 Å². The van der Waals surface area contributed by atoms with Crippen LogP contribution in [0.2, 0.25) is 5.15 Å². The molecule has 0 saturated heterocycles. The van der Waals surface area contributed by atoms with Crippen molar-refractivity contribution in [2.24, 2.45) is 5.10 Å². The molecule has 0 atom stereocenters. The number of carbonyl (C=O) groups is 1. The summed E-state index contributed by atoms with van der Waals surface area (Å²) < 4.78 is 26.2. The van der Waals surface area contributed by atoms with Gasteiger partial charge in [0.2, 0.25) is 0 Å². The van der Waals surface area contributed by atoms with E-state index < -0.39 is 5.91 Å². The number of nitrogens with one attached hydrogen (secondary N) is 1. The van der Waals surface area contributed by atoms with Crippen molar-refractivity contribution in [1.29, 1.82) is 0 Å². The lowest BCUT2D eigenvalue weighted by atomic mass is 10.2. The van der Waals surface area contributed by atoms with Crippen LogP contribution in [0.5, 0.6) is 11.5 Å². The van der Waals surface area contributed by atoms with E-state index >= 15 is 0 Å². The van der Waals surface area contributed by atoms with E-state index in [2.05, 4.69) is 38.1 Å². The number of nitrogens with zero attached hydrogens (tertiary/aromatic N) is 2. The highest BCUT2D eigenvalue weighted by atomic mass is 127. The number of hydrogen-bond acceptors (Lipinski definition) is 5. The van der Waals surface area contributed by atoms with Gasteiger partial charge in [-0.2, -0.15) is 5.10 Å². The van der Waals surface area contributed by atoms with Crippen LogP contribution in [-0.2, 0) is 6.61 Å². The van der Waals surface area contributed by atoms with Crippen LogP contribution in [0, 0.1) is 9.39 Å². The fraction of sp³-hybridized carbons (Fsp3) is 0.136. The van der Waals surface area contributed by atoms with Crippen LogP contribution in [0.25, 0.3) is 0 Å². The molecule has 1 amide bonds. The molecule has 3 aromatic rings. The quantitative estimate of drug-likeness (QED) is 0.180. The molecule has 0 aliphatic carbocycles. The Hall–Kier alpha value is -2.72. The number of aromatic nitrogens is 1. The molecular formula is C22H18ClFIN3O3. The second kappa shape index (κ2) is 11.1. The summed E-state index contributed by atoms with van der Waals surface area (Å²) in [5.74, 6) is 0.199. The van der Waals surface area contributed by atoms with E-state index in [0.29, 0.717) is 29.2 Å². The van der Waals surface area contributed by atoms with Crippen LogP contribution < -0.4 is 14.9 Å². The van der Waals surface area contributed by atoms with Gasteiger partial charge in [0.05, 0.1) is 22.0 Å². The summed E-state index contributed by atoms with van der Waals surface area (Å²) in [6.45, 7) is 2.34. The van der Waals surface area contributed by atoms with Gasteiger partial charge in [-0.05, 0) is 65.4 Å². The predicted molar refractivity (Wildman–Crippen MR) is 125 cm³/mol. The maximum absolute atomic E-state index is 13.9. The van der Waals surface area contributed by atoms with Crippen LogP contribution in [0.15, 0.2) is 59.8 Å². The third-order valence-electron chi connectivity index (χ3n) is 4.04. The van der Waals surface area contributed by atoms with Gasteiger partial charge in [-0.25, -0.2) is 14.8 Å². The predicted octanol–water partition coefficient (Wildman–Crippen LogP) is 5.22. The lowest BCUT2D eigenvalue weighted by Crippen LogP contribution is -2.18. The van der Waals surface area contributed by atoms with Crippen molar-refractivity contribution in [2.45, 2.75) is 13.5 Å². The van der Waals surface area contributed by atoms with Gasteiger partial charge in [-0.3, -0.25) is 4.79 Å². The summed E-state index contributed by atoms with van der Waals surface area (Å²) in [4.78, 5) is 16.0. The number of pyridine rings is 1. The van der Waals surface area contributed by atoms with Gasteiger partial charge >= 0.3 is 0 Å². The Kier molecular flexibility index (Phi) is 8.19. The highest BCUT2D eigenvalue weighted by Gasteiger charge is 2.14. The van der Waals surface area contributed by atoms with Gasteiger partial charge in [0.25, 0.3) is 5.91 Å². The first kappa shape index (κ1) is 23.0. The van der Waals surface area contributed by atoms with Crippen molar-refractivity contribution in [1.82, 2.24) is 10.4 Å². The van der Waals surface area contributed by atoms with Crippen molar-refractivity contribution in [2.75, 3.05) is 6.61 Å². The van der Waals surface area contributed by atoms with Crippen LogP contribution >= 0.6 is 34.2 Å². The molecule has 160 valence electrons. The van der Waals surface area contributed by atoms with Crippen LogP contribution in [0.3, 0.4) is 0 Å². The van der Waals surface area contributed by atoms with Crippen LogP contribution in [-0.4, -0.2) is 23.7 Å². The third-order valence-corrected chi connectivity index (χ3v) is 5.15. The molecule has 1 N–H and O–H groups in total. The van der Waals surface area contributed by atoms with Crippen LogP contribution in [0.1, 0.15) is 28.4 Å². The number of ether oxygens (including phenoxy) is 2. The molecule has 0 aliphatic heterocycles. The van der Waals surface area contributed by atoms with Crippen molar-refractivity contribution < 1.29 is 18.7 Å². The first-order chi connectivity index (χ1) is 15.0. The second-order valence-corrected chi connectivity index (χ2v) is 7.70. The molecule has 0 radical (unpaired) electrons. The first-order valence-electron chi connectivity index (χ1n) is 9.26. The average Bonchev–Trinajstić information content (AvgIpc) is 2.75. The van der Waals surface area contributed by atoms with Crippen molar-refractivity contribution >= 4 is 46.3 Å². The maximum Gasteiger partial charge on any atom is 0.274 e. The smallest absolute Gasteiger partial charge is 0.274 e. The maximum atomic E-state index is 13.9. The minimum absolute atomic E-state index is 0.0676. The number of hydrazone groups is 1. The number of amides is 1. The Balaban J connectivity index is 1.74. The van der Waals surface area contributed by atoms with E-state index in [4.69, 9.17) is 21.1 Å². The zero-order valence-corrected chi connectivity index (χ0v) is 19.4. The fourth-order valence-electron chi connectivity index (χ4n) is 2.61. The third kappa shape index (κ3) is 6.14. The van der Waals surface area contributed by atoms with Gasteiger partial charge < -0.3 is 9.47 Å². The number of benzene rings is 2. The highest BCUT2D eigenvalue weighted by Crippen LogP contribution is 2.34. The van der Waals surface area contributed by atoms with E-state index in [1.54, 1.807) is 36.4 Å². The van der Waals surface area contributed by atoms with Gasteiger partial charge in [0.15, 0.2) is 11.5 Å². The fourth-order valence-corrected chi connectivity index (χ4v) is 3.60. The number of carbonyl (C=O) groups excluding carboxylic acids is 1. The van der Waals surface area contributed by atoms with Crippen molar-refractivity contribution in [3.63, 3.8) is 0 Å². The van der Waals surface area contributed by atoms with E-state index in [-0.39, 0.29) is 23.1 Å². The van der Waals surface area contributed by atoms with E-state index in [9.17, 15) is 9.18 Å². The van der Waals surface area contributed by atoms with E-state index in [1.807, 2.05) is 13.0 Å². The minimum atomic E-state index is -0.473. The SMILES string of the molecule is CCOc1cc(C=NNC(=O)c2cccnc2Cl)cc(I)c1OCc1ccccc1F. The molecule has 0 saturated carbocycles. The molecule has 0 bridgehead atoms. The highest BCUT2D eigenvalue weighted by molar-refractivity contribution is 14.1. The summed E-state index contributed by atoms with van der Waals surface area (Å²) in [5, 5.41) is 4.07. The molecule has 0 fully saturated rings. The Labute approximate surface area is 197 Å². The standard InChI is InChI=1S/C22H18ClFIN3O3/c1-2-30-19-11-14(12-27-28-22(29)16-7-5-9-26-21(16)23)10-18(25)20(19)31-13-15-6-3-4-8-17(15)24/h3-12H,2,13H2,1H3,(H,28,29). The Morgan fingerprint density at radius 2 is 2.06 bits per heavy atom. The summed E-state index contributed by atoms with van der Waals surface area (Å²) in [6.07, 6.45) is 2.98. The summed E-state index contributed by atoms with van der Waals surface area (Å²) >= 11 is 8.02. The lowest BCUT2D eigenvalue weighted by molar-refractivity contribution is 0.0955. The first-order valence-corrected chi connectivity index (χ1v) is 10.7. The summed E-state index contributed by atoms with van der Waals surface area (Å²) in [5.41, 5.74) is 3.77. The van der Waals surface area contributed by atoms with Gasteiger partial charge in [-0.1, -0.05) is 29.8 Å². The second-order valence-electron chi connectivity index (χ2n) is 6.18. The normalized spacial score (nSPS) is 10.8. The molecule has 1 aromatic heterocycles.